The summed E-state index contributed by atoms with van der Waals surface area (Å²) in [6.07, 6.45) is 0.175. The number of ether oxygens (including phenoxy) is 1. The molecule has 0 bridgehead atoms. The molecule has 64 valence electrons. The molecule has 0 radical (unpaired) electrons. The minimum absolute atomic E-state index is 0.175. The summed E-state index contributed by atoms with van der Waals surface area (Å²) < 4.78 is 5.04. The summed E-state index contributed by atoms with van der Waals surface area (Å²) in [7, 11) is 0. The van der Waals surface area contributed by atoms with E-state index >= 15 is 0 Å². The third-order valence-electron chi connectivity index (χ3n) is 1.86. The minimum atomic E-state index is 0.175. The van der Waals surface area contributed by atoms with Gasteiger partial charge in [0.2, 0.25) is 0 Å². The van der Waals surface area contributed by atoms with Crippen LogP contribution in [-0.4, -0.2) is 12.8 Å². The first-order valence-corrected chi connectivity index (χ1v) is 4.00. The maximum atomic E-state index is 5.75. The second-order valence-electron chi connectivity index (χ2n) is 3.06. The lowest BCUT2D eigenvalue weighted by molar-refractivity contribution is 0.428. The largest absolute Gasteiger partial charge is 0.397 e. The average molecular weight is 164 g/mol. The molecular formula is C9H12N2O. The van der Waals surface area contributed by atoms with E-state index < -0.39 is 0 Å². The first-order valence-electron chi connectivity index (χ1n) is 4.00. The molecule has 0 aliphatic carbocycles. The smallest absolute Gasteiger partial charge is 0.151 e. The number of hydrogen-bond donors (Lipinski definition) is 2. The number of benzene rings is 1. The van der Waals surface area contributed by atoms with Gasteiger partial charge in [-0.3, -0.25) is 0 Å². The van der Waals surface area contributed by atoms with Crippen LogP contribution in [0.3, 0.4) is 0 Å². The molecule has 1 aromatic carbocycles. The maximum absolute atomic E-state index is 5.75. The number of hydrogen-bond acceptors (Lipinski definition) is 3. The zero-order valence-electron chi connectivity index (χ0n) is 7.00. The van der Waals surface area contributed by atoms with Crippen molar-refractivity contribution in [3.8, 4) is 0 Å². The Morgan fingerprint density at radius 1 is 1.58 bits per heavy atom. The summed E-state index contributed by atoms with van der Waals surface area (Å²) in [5.74, 6) is 0. The van der Waals surface area contributed by atoms with Gasteiger partial charge in [0.05, 0.1) is 18.0 Å². The highest BCUT2D eigenvalue weighted by Crippen LogP contribution is 2.23. The first kappa shape index (κ1) is 7.43. The van der Waals surface area contributed by atoms with Crippen molar-refractivity contribution in [3.05, 3.63) is 23.8 Å². The summed E-state index contributed by atoms with van der Waals surface area (Å²) >= 11 is 0. The number of nitrogen functional groups attached to an aromatic ring is 1. The Morgan fingerprint density at radius 2 is 2.33 bits per heavy atom. The van der Waals surface area contributed by atoms with E-state index in [1.165, 1.54) is 5.56 Å². The molecule has 0 amide bonds. The van der Waals surface area contributed by atoms with Gasteiger partial charge in [-0.05, 0) is 24.6 Å². The van der Waals surface area contributed by atoms with Crippen LogP contribution in [0.5, 0.6) is 0 Å². The lowest BCUT2D eigenvalue weighted by atomic mass is 10.2. The molecule has 1 heterocycles. The number of rotatable bonds is 2. The van der Waals surface area contributed by atoms with E-state index in [-0.39, 0.29) is 6.23 Å². The molecule has 0 spiro atoms. The van der Waals surface area contributed by atoms with E-state index in [0.717, 1.165) is 18.0 Å². The van der Waals surface area contributed by atoms with Crippen molar-refractivity contribution >= 4 is 11.4 Å². The van der Waals surface area contributed by atoms with Crippen molar-refractivity contribution in [2.75, 3.05) is 17.7 Å². The summed E-state index contributed by atoms with van der Waals surface area (Å²) in [6, 6.07) is 5.92. The second-order valence-corrected chi connectivity index (χ2v) is 3.06. The van der Waals surface area contributed by atoms with Gasteiger partial charge >= 0.3 is 0 Å². The minimum Gasteiger partial charge on any atom is -0.397 e. The molecule has 1 atom stereocenters. The van der Waals surface area contributed by atoms with Gasteiger partial charge in [-0.2, -0.15) is 0 Å². The molecule has 1 fully saturated rings. The van der Waals surface area contributed by atoms with E-state index in [1.54, 1.807) is 0 Å². The molecule has 3 heteroatoms. The van der Waals surface area contributed by atoms with Gasteiger partial charge in [-0.25, -0.2) is 0 Å². The molecule has 0 saturated carbocycles. The van der Waals surface area contributed by atoms with Gasteiger partial charge in [0.25, 0.3) is 0 Å². The van der Waals surface area contributed by atoms with Gasteiger partial charge in [0, 0.05) is 0 Å². The van der Waals surface area contributed by atoms with Crippen LogP contribution in [0.25, 0.3) is 0 Å². The maximum Gasteiger partial charge on any atom is 0.151 e. The van der Waals surface area contributed by atoms with E-state index in [0.29, 0.717) is 0 Å². The Kier molecular flexibility index (Phi) is 1.66. The monoisotopic (exact) mass is 164 g/mol. The van der Waals surface area contributed by atoms with Crippen molar-refractivity contribution < 1.29 is 4.74 Å². The highest BCUT2D eigenvalue weighted by atomic mass is 16.6. The topological polar surface area (TPSA) is 50.6 Å². The van der Waals surface area contributed by atoms with E-state index in [4.69, 9.17) is 10.5 Å². The fourth-order valence-corrected chi connectivity index (χ4v) is 1.10. The fourth-order valence-electron chi connectivity index (χ4n) is 1.10. The Bertz CT molecular complexity index is 295. The molecule has 3 N–H and O–H groups in total. The number of aryl methyl sites for hydroxylation is 1. The van der Waals surface area contributed by atoms with E-state index in [1.807, 2.05) is 25.1 Å². The summed E-state index contributed by atoms with van der Waals surface area (Å²) in [4.78, 5) is 0. The third-order valence-corrected chi connectivity index (χ3v) is 1.86. The van der Waals surface area contributed by atoms with Gasteiger partial charge in [-0.15, -0.1) is 0 Å². The van der Waals surface area contributed by atoms with Crippen LogP contribution >= 0.6 is 0 Å². The number of anilines is 2. The molecule has 1 saturated heterocycles. The quantitative estimate of drug-likeness (QED) is 0.512. The van der Waals surface area contributed by atoms with Crippen LogP contribution in [0.4, 0.5) is 11.4 Å². The predicted octanol–water partition coefficient (Wildman–Crippen LogP) is 1.35. The molecule has 1 aromatic rings. The van der Waals surface area contributed by atoms with Crippen LogP contribution in [0.2, 0.25) is 0 Å². The average Bonchev–Trinajstić information content (AvgIpc) is 2.81. The lowest BCUT2D eigenvalue weighted by Gasteiger charge is -2.06. The number of nitrogens with two attached hydrogens (primary N) is 1. The van der Waals surface area contributed by atoms with Crippen molar-refractivity contribution in [3.63, 3.8) is 0 Å². The lowest BCUT2D eigenvalue weighted by Crippen LogP contribution is -2.05. The first-order chi connectivity index (χ1) is 5.75. The normalized spacial score (nSPS) is 20.6. The molecule has 1 aliphatic rings. The van der Waals surface area contributed by atoms with Gasteiger partial charge < -0.3 is 15.8 Å². The van der Waals surface area contributed by atoms with Crippen molar-refractivity contribution in [2.24, 2.45) is 0 Å². The van der Waals surface area contributed by atoms with Gasteiger partial charge in [0.1, 0.15) is 0 Å². The summed E-state index contributed by atoms with van der Waals surface area (Å²) in [5.41, 5.74) is 8.69. The molecule has 1 unspecified atom stereocenters. The highest BCUT2D eigenvalue weighted by Gasteiger charge is 2.22. The van der Waals surface area contributed by atoms with Crippen molar-refractivity contribution in [1.82, 2.24) is 0 Å². The van der Waals surface area contributed by atoms with E-state index in [2.05, 4.69) is 5.32 Å². The number of nitrogens with one attached hydrogen (secondary N) is 1. The Labute approximate surface area is 71.5 Å². The Hall–Kier alpha value is -1.22. The van der Waals surface area contributed by atoms with Crippen LogP contribution in [0.1, 0.15) is 5.56 Å². The molecule has 3 nitrogen and oxygen atoms in total. The Morgan fingerprint density at radius 3 is 3.00 bits per heavy atom. The highest BCUT2D eigenvalue weighted by molar-refractivity contribution is 5.67. The SMILES string of the molecule is Cc1ccc(N)c(NC2CO2)c1. The van der Waals surface area contributed by atoms with Crippen LogP contribution < -0.4 is 11.1 Å². The second kappa shape index (κ2) is 2.68. The zero-order chi connectivity index (χ0) is 8.55. The molecule has 1 aliphatic heterocycles. The van der Waals surface area contributed by atoms with Gasteiger partial charge in [-0.1, -0.05) is 6.07 Å². The summed E-state index contributed by atoms with van der Waals surface area (Å²) in [6.45, 7) is 2.83. The standard InChI is InChI=1S/C9H12N2O/c1-6-2-3-7(10)8(4-6)11-9-5-12-9/h2-4,9,11H,5,10H2,1H3. The third kappa shape index (κ3) is 1.51. The fraction of sp³-hybridized carbons (Fsp3) is 0.333. The molecule has 0 aromatic heterocycles. The molecule has 2 rings (SSSR count). The van der Waals surface area contributed by atoms with Crippen LogP contribution in [0.15, 0.2) is 18.2 Å². The zero-order valence-corrected chi connectivity index (χ0v) is 7.00. The molecule has 12 heavy (non-hydrogen) atoms. The van der Waals surface area contributed by atoms with Crippen LogP contribution in [-0.2, 0) is 4.74 Å². The summed E-state index contributed by atoms with van der Waals surface area (Å²) in [5, 5.41) is 3.18. The van der Waals surface area contributed by atoms with Crippen molar-refractivity contribution in [2.45, 2.75) is 13.2 Å². The molecular weight excluding hydrogens is 152 g/mol. The Balaban J connectivity index is 2.21. The van der Waals surface area contributed by atoms with Crippen LogP contribution in [0, 0.1) is 6.92 Å². The van der Waals surface area contributed by atoms with Crippen molar-refractivity contribution in [1.29, 1.82) is 0 Å². The number of epoxide rings is 1. The predicted molar refractivity (Wildman–Crippen MR) is 49.0 cm³/mol. The van der Waals surface area contributed by atoms with E-state index in [9.17, 15) is 0 Å². The van der Waals surface area contributed by atoms with Gasteiger partial charge in [0.15, 0.2) is 6.23 Å².